The molecule has 2 heterocycles. The second-order valence-electron chi connectivity index (χ2n) is 5.37. The number of para-hydroxylation sites is 1. The van der Waals surface area contributed by atoms with Gasteiger partial charge in [-0.05, 0) is 41.6 Å². The SMILES string of the molecule is Cc1cccc(-c2nnc(CSc3nnnn3-c3ccccc3)o2)c1. The Morgan fingerprint density at radius 3 is 2.72 bits per heavy atom. The molecule has 0 atom stereocenters. The lowest BCUT2D eigenvalue weighted by atomic mass is 10.1. The summed E-state index contributed by atoms with van der Waals surface area (Å²) in [5, 5.41) is 20.7. The van der Waals surface area contributed by atoms with Crippen molar-refractivity contribution in [1.29, 1.82) is 0 Å². The van der Waals surface area contributed by atoms with Crippen molar-refractivity contribution < 1.29 is 4.42 Å². The summed E-state index contributed by atoms with van der Waals surface area (Å²) in [6.45, 7) is 2.03. The quantitative estimate of drug-likeness (QED) is 0.511. The van der Waals surface area contributed by atoms with Crippen molar-refractivity contribution in [2.75, 3.05) is 0 Å². The predicted molar refractivity (Wildman–Crippen MR) is 93.2 cm³/mol. The minimum absolute atomic E-state index is 0.492. The summed E-state index contributed by atoms with van der Waals surface area (Å²) in [6.07, 6.45) is 0. The van der Waals surface area contributed by atoms with Gasteiger partial charge in [-0.3, -0.25) is 0 Å². The lowest BCUT2D eigenvalue weighted by Gasteiger charge is -2.02. The van der Waals surface area contributed by atoms with E-state index in [4.69, 9.17) is 4.42 Å². The fraction of sp³-hybridized carbons (Fsp3) is 0.118. The van der Waals surface area contributed by atoms with Gasteiger partial charge in [-0.25, -0.2) is 0 Å². The van der Waals surface area contributed by atoms with Crippen molar-refractivity contribution in [3.05, 3.63) is 66.1 Å². The third-order valence-corrected chi connectivity index (χ3v) is 4.40. The monoisotopic (exact) mass is 350 g/mol. The van der Waals surface area contributed by atoms with Gasteiger partial charge in [-0.2, -0.15) is 4.68 Å². The Balaban J connectivity index is 1.49. The van der Waals surface area contributed by atoms with E-state index in [2.05, 4.69) is 25.7 Å². The van der Waals surface area contributed by atoms with Gasteiger partial charge in [0.05, 0.1) is 11.4 Å². The standard InChI is InChI=1S/C17H14N6OS/c1-12-6-5-7-13(10-12)16-19-18-15(24-16)11-25-17-20-21-22-23(17)14-8-3-2-4-9-14/h2-10H,11H2,1H3. The fourth-order valence-electron chi connectivity index (χ4n) is 2.33. The molecule has 0 spiro atoms. The number of thioether (sulfide) groups is 1. The molecule has 0 saturated carbocycles. The Kier molecular flexibility index (Phi) is 4.26. The van der Waals surface area contributed by atoms with Crippen molar-refractivity contribution >= 4 is 11.8 Å². The molecule has 0 fully saturated rings. The Hall–Kier alpha value is -3.00. The molecule has 0 aliphatic carbocycles. The lowest BCUT2D eigenvalue weighted by molar-refractivity contribution is 0.528. The van der Waals surface area contributed by atoms with Crippen LogP contribution in [0.3, 0.4) is 0 Å². The van der Waals surface area contributed by atoms with Crippen LogP contribution in [0.1, 0.15) is 11.5 Å². The first-order valence-electron chi connectivity index (χ1n) is 7.65. The summed E-state index contributed by atoms with van der Waals surface area (Å²) in [7, 11) is 0. The number of aromatic nitrogens is 6. The van der Waals surface area contributed by atoms with Crippen LogP contribution in [0.25, 0.3) is 17.1 Å². The molecule has 2 aromatic carbocycles. The Morgan fingerprint density at radius 2 is 1.88 bits per heavy atom. The first-order chi connectivity index (χ1) is 12.3. The van der Waals surface area contributed by atoms with Crippen LogP contribution >= 0.6 is 11.8 Å². The molecule has 0 bridgehead atoms. The topological polar surface area (TPSA) is 82.5 Å². The molecule has 4 aromatic rings. The molecule has 0 aliphatic rings. The average molecular weight is 350 g/mol. The molecular weight excluding hydrogens is 336 g/mol. The van der Waals surface area contributed by atoms with Crippen molar-refractivity contribution in [3.8, 4) is 17.1 Å². The zero-order valence-electron chi connectivity index (χ0n) is 13.4. The second kappa shape index (κ2) is 6.86. The molecular formula is C17H14N6OS. The van der Waals surface area contributed by atoms with E-state index in [1.165, 1.54) is 11.8 Å². The van der Waals surface area contributed by atoms with E-state index in [0.717, 1.165) is 16.8 Å². The molecule has 0 saturated heterocycles. The number of rotatable bonds is 5. The third-order valence-electron chi connectivity index (χ3n) is 3.50. The van der Waals surface area contributed by atoms with Gasteiger partial charge in [-0.1, -0.05) is 47.7 Å². The largest absolute Gasteiger partial charge is 0.420 e. The molecule has 7 nitrogen and oxygen atoms in total. The van der Waals surface area contributed by atoms with E-state index in [-0.39, 0.29) is 0 Å². The van der Waals surface area contributed by atoms with E-state index in [1.807, 2.05) is 61.5 Å². The molecule has 0 unspecified atom stereocenters. The summed E-state index contributed by atoms with van der Waals surface area (Å²) >= 11 is 1.44. The van der Waals surface area contributed by atoms with Crippen LogP contribution in [0.15, 0.2) is 64.2 Å². The van der Waals surface area contributed by atoms with Gasteiger partial charge in [0.15, 0.2) is 0 Å². The number of nitrogens with zero attached hydrogens (tertiary/aromatic N) is 6. The Morgan fingerprint density at radius 1 is 1.00 bits per heavy atom. The maximum absolute atomic E-state index is 5.75. The Labute approximate surface area is 148 Å². The third kappa shape index (κ3) is 3.43. The summed E-state index contributed by atoms with van der Waals surface area (Å²) in [4.78, 5) is 0. The van der Waals surface area contributed by atoms with E-state index in [0.29, 0.717) is 22.7 Å². The average Bonchev–Trinajstić information content (AvgIpc) is 3.30. The zero-order valence-corrected chi connectivity index (χ0v) is 14.2. The van der Waals surface area contributed by atoms with Crippen LogP contribution in [0, 0.1) is 6.92 Å². The normalized spacial score (nSPS) is 10.9. The highest BCUT2D eigenvalue weighted by Gasteiger charge is 2.13. The van der Waals surface area contributed by atoms with E-state index in [1.54, 1.807) is 4.68 Å². The highest BCUT2D eigenvalue weighted by Crippen LogP contribution is 2.24. The highest BCUT2D eigenvalue weighted by atomic mass is 32.2. The van der Waals surface area contributed by atoms with Gasteiger partial charge in [0.1, 0.15) is 0 Å². The zero-order chi connectivity index (χ0) is 17.1. The number of benzene rings is 2. The smallest absolute Gasteiger partial charge is 0.247 e. The molecule has 25 heavy (non-hydrogen) atoms. The maximum atomic E-state index is 5.75. The van der Waals surface area contributed by atoms with E-state index >= 15 is 0 Å². The van der Waals surface area contributed by atoms with Crippen LogP contribution in [-0.4, -0.2) is 30.4 Å². The molecule has 8 heteroatoms. The lowest BCUT2D eigenvalue weighted by Crippen LogP contribution is -1.98. The number of hydrogen-bond donors (Lipinski definition) is 0. The van der Waals surface area contributed by atoms with Crippen molar-refractivity contribution in [1.82, 2.24) is 30.4 Å². The van der Waals surface area contributed by atoms with Crippen molar-refractivity contribution in [3.63, 3.8) is 0 Å². The van der Waals surface area contributed by atoms with Crippen LogP contribution < -0.4 is 0 Å². The van der Waals surface area contributed by atoms with Gasteiger partial charge in [0.25, 0.3) is 0 Å². The maximum Gasteiger partial charge on any atom is 0.247 e. The molecule has 0 aliphatic heterocycles. The summed E-state index contributed by atoms with van der Waals surface area (Å²) in [5.41, 5.74) is 2.97. The second-order valence-corrected chi connectivity index (χ2v) is 6.31. The summed E-state index contributed by atoms with van der Waals surface area (Å²) in [6, 6.07) is 17.7. The van der Waals surface area contributed by atoms with Crippen LogP contribution in [-0.2, 0) is 5.75 Å². The van der Waals surface area contributed by atoms with Crippen LogP contribution in [0.2, 0.25) is 0 Å². The molecule has 2 aromatic heterocycles. The summed E-state index contributed by atoms with van der Waals surface area (Å²) < 4.78 is 7.43. The Bertz CT molecular complexity index is 981. The van der Waals surface area contributed by atoms with Gasteiger partial charge in [-0.15, -0.1) is 15.3 Å². The minimum Gasteiger partial charge on any atom is -0.420 e. The van der Waals surface area contributed by atoms with Crippen LogP contribution in [0.4, 0.5) is 0 Å². The first kappa shape index (κ1) is 15.5. The predicted octanol–water partition coefficient (Wildman–Crippen LogP) is 3.31. The molecule has 124 valence electrons. The molecule has 0 N–H and O–H groups in total. The van der Waals surface area contributed by atoms with Gasteiger partial charge in [0.2, 0.25) is 16.9 Å². The fourth-order valence-corrected chi connectivity index (χ4v) is 3.06. The van der Waals surface area contributed by atoms with Gasteiger partial charge in [0, 0.05) is 5.56 Å². The van der Waals surface area contributed by atoms with Crippen molar-refractivity contribution in [2.24, 2.45) is 0 Å². The number of tetrazole rings is 1. The molecule has 0 radical (unpaired) electrons. The molecule has 4 rings (SSSR count). The van der Waals surface area contributed by atoms with Crippen LogP contribution in [0.5, 0.6) is 0 Å². The number of hydrogen-bond acceptors (Lipinski definition) is 7. The van der Waals surface area contributed by atoms with E-state index in [9.17, 15) is 0 Å². The minimum atomic E-state index is 0.492. The van der Waals surface area contributed by atoms with Crippen molar-refractivity contribution in [2.45, 2.75) is 17.8 Å². The molecule has 0 amide bonds. The number of aryl methyl sites for hydroxylation is 1. The highest BCUT2D eigenvalue weighted by molar-refractivity contribution is 7.98. The van der Waals surface area contributed by atoms with Gasteiger partial charge >= 0.3 is 0 Å². The first-order valence-corrected chi connectivity index (χ1v) is 8.64. The van der Waals surface area contributed by atoms with E-state index < -0.39 is 0 Å². The summed E-state index contributed by atoms with van der Waals surface area (Å²) in [5.74, 6) is 1.54. The van der Waals surface area contributed by atoms with Gasteiger partial charge < -0.3 is 4.42 Å².